The molecule has 0 aromatic heterocycles. The Labute approximate surface area is 159 Å². The van der Waals surface area contributed by atoms with E-state index < -0.39 is 36.4 Å². The van der Waals surface area contributed by atoms with Crippen molar-refractivity contribution in [2.75, 3.05) is 6.54 Å². The number of hydrogen-bond donors (Lipinski definition) is 2. The smallest absolute Gasteiger partial charge is 0.327 e. The molecular formula is C20H29F2NO4. The van der Waals surface area contributed by atoms with Crippen LogP contribution in [0.25, 0.3) is 0 Å². The van der Waals surface area contributed by atoms with Crippen LogP contribution in [0.5, 0.6) is 0 Å². The topological polar surface area (TPSA) is 77.8 Å². The number of aliphatic carboxylic acids is 1. The van der Waals surface area contributed by atoms with E-state index in [0.29, 0.717) is 32.1 Å². The lowest BCUT2D eigenvalue weighted by Gasteiger charge is -2.22. The van der Waals surface area contributed by atoms with E-state index in [-0.39, 0.29) is 18.9 Å². The number of aliphatic hydroxyl groups is 1. The molecular weight excluding hydrogens is 356 g/mol. The van der Waals surface area contributed by atoms with Crippen LogP contribution < -0.4 is 0 Å². The summed E-state index contributed by atoms with van der Waals surface area (Å²) in [7, 11) is 0. The van der Waals surface area contributed by atoms with E-state index in [4.69, 9.17) is 5.11 Å². The van der Waals surface area contributed by atoms with Gasteiger partial charge in [0.05, 0.1) is 12.1 Å². The van der Waals surface area contributed by atoms with Crippen molar-refractivity contribution in [3.05, 3.63) is 12.2 Å². The van der Waals surface area contributed by atoms with Crippen molar-refractivity contribution >= 4 is 11.9 Å². The Morgan fingerprint density at radius 1 is 1.37 bits per heavy atom. The molecule has 1 saturated heterocycles. The molecule has 1 aliphatic heterocycles. The van der Waals surface area contributed by atoms with Gasteiger partial charge in [0.1, 0.15) is 0 Å². The number of carbonyl (C=O) groups is 2. The van der Waals surface area contributed by atoms with E-state index in [0.717, 1.165) is 4.90 Å². The quantitative estimate of drug-likeness (QED) is 0.325. The molecule has 0 bridgehead atoms. The highest BCUT2D eigenvalue weighted by atomic mass is 19.3. The predicted octanol–water partition coefficient (Wildman–Crippen LogP) is 3.22. The minimum atomic E-state index is -3.39. The van der Waals surface area contributed by atoms with E-state index >= 15 is 0 Å². The maximum absolute atomic E-state index is 13.8. The van der Waals surface area contributed by atoms with E-state index in [1.807, 2.05) is 6.92 Å². The van der Waals surface area contributed by atoms with Gasteiger partial charge < -0.3 is 15.1 Å². The zero-order chi connectivity index (χ0) is 20.4. The summed E-state index contributed by atoms with van der Waals surface area (Å²) in [5.41, 5.74) is 0. The third-order valence-electron chi connectivity index (χ3n) is 4.69. The van der Waals surface area contributed by atoms with Gasteiger partial charge in [0, 0.05) is 25.8 Å². The SMILES string of the molecule is CC#CC[C@H](C)[C@@H](O)/C=C/[C@H]1CC(F)(F)C(=O)N1CCCCCCC(=O)O. The molecule has 152 valence electrons. The average molecular weight is 385 g/mol. The number of aliphatic hydroxyl groups excluding tert-OH is 1. The molecule has 3 atom stereocenters. The van der Waals surface area contributed by atoms with Crippen LogP contribution in [0, 0.1) is 17.8 Å². The first-order valence-corrected chi connectivity index (χ1v) is 9.35. The van der Waals surface area contributed by atoms with Crippen molar-refractivity contribution in [1.29, 1.82) is 0 Å². The molecule has 1 fully saturated rings. The summed E-state index contributed by atoms with van der Waals surface area (Å²) in [6.45, 7) is 3.73. The normalized spacial score (nSPS) is 21.1. The second kappa shape index (κ2) is 11.0. The summed E-state index contributed by atoms with van der Waals surface area (Å²) in [6.07, 6.45) is 4.58. The molecule has 1 aliphatic rings. The molecule has 27 heavy (non-hydrogen) atoms. The summed E-state index contributed by atoms with van der Waals surface area (Å²) in [5.74, 6) is 0.0706. The van der Waals surface area contributed by atoms with Crippen molar-refractivity contribution in [2.24, 2.45) is 5.92 Å². The summed E-state index contributed by atoms with van der Waals surface area (Å²) in [6, 6.07) is -0.745. The van der Waals surface area contributed by atoms with Crippen LogP contribution in [0.15, 0.2) is 12.2 Å². The largest absolute Gasteiger partial charge is 0.481 e. The van der Waals surface area contributed by atoms with Crippen LogP contribution in [0.2, 0.25) is 0 Å². The zero-order valence-electron chi connectivity index (χ0n) is 16.0. The van der Waals surface area contributed by atoms with Crippen molar-refractivity contribution in [2.45, 2.75) is 76.9 Å². The lowest BCUT2D eigenvalue weighted by molar-refractivity contribution is -0.148. The Morgan fingerprint density at radius 2 is 2.04 bits per heavy atom. The first kappa shape index (κ1) is 23.1. The Morgan fingerprint density at radius 3 is 2.67 bits per heavy atom. The molecule has 7 heteroatoms. The van der Waals surface area contributed by atoms with E-state index in [1.165, 1.54) is 12.2 Å². The summed E-state index contributed by atoms with van der Waals surface area (Å²) >= 11 is 0. The lowest BCUT2D eigenvalue weighted by Crippen LogP contribution is -2.36. The monoisotopic (exact) mass is 385 g/mol. The molecule has 1 heterocycles. The molecule has 0 spiro atoms. The van der Waals surface area contributed by atoms with Gasteiger partial charge in [-0.3, -0.25) is 9.59 Å². The van der Waals surface area contributed by atoms with Crippen LogP contribution in [0.3, 0.4) is 0 Å². The molecule has 2 N–H and O–H groups in total. The number of hydrogen-bond acceptors (Lipinski definition) is 3. The first-order chi connectivity index (χ1) is 12.7. The second-order valence-corrected chi connectivity index (χ2v) is 7.02. The number of nitrogens with zero attached hydrogens (tertiary/aromatic N) is 1. The summed E-state index contributed by atoms with van der Waals surface area (Å²) in [4.78, 5) is 23.6. The molecule has 0 aromatic carbocycles. The van der Waals surface area contributed by atoms with Crippen molar-refractivity contribution in [3.63, 3.8) is 0 Å². The predicted molar refractivity (Wildman–Crippen MR) is 98.2 cm³/mol. The fourth-order valence-electron chi connectivity index (χ4n) is 2.99. The first-order valence-electron chi connectivity index (χ1n) is 9.35. The van der Waals surface area contributed by atoms with Gasteiger partial charge in [0.2, 0.25) is 0 Å². The fourth-order valence-corrected chi connectivity index (χ4v) is 2.99. The molecule has 0 aromatic rings. The second-order valence-electron chi connectivity index (χ2n) is 7.02. The molecule has 1 amide bonds. The number of likely N-dealkylation sites (tertiary alicyclic amines) is 1. The Bertz CT molecular complexity index is 595. The zero-order valence-corrected chi connectivity index (χ0v) is 16.0. The standard InChI is InChI=1S/C20H29F2NO4/c1-3-4-9-15(2)17(24)12-11-16-14-20(21,22)19(27)23(16)13-8-6-5-7-10-18(25)26/h11-12,15-17,24H,5-10,13-14H2,1-2H3,(H,25,26)/b12-11+/t15-,16-,17-/m0/s1. The fraction of sp³-hybridized carbons (Fsp3) is 0.700. The molecule has 5 nitrogen and oxygen atoms in total. The van der Waals surface area contributed by atoms with E-state index in [9.17, 15) is 23.5 Å². The highest BCUT2D eigenvalue weighted by Gasteiger charge is 2.52. The average Bonchev–Trinajstić information content (AvgIpc) is 2.82. The van der Waals surface area contributed by atoms with Gasteiger partial charge >= 0.3 is 11.9 Å². The maximum atomic E-state index is 13.8. The summed E-state index contributed by atoms with van der Waals surface area (Å²) in [5, 5.41) is 18.7. The Hall–Kier alpha value is -1.94. The van der Waals surface area contributed by atoms with Crippen molar-refractivity contribution in [3.8, 4) is 11.8 Å². The van der Waals surface area contributed by atoms with E-state index in [2.05, 4.69) is 11.8 Å². The maximum Gasteiger partial charge on any atom is 0.327 e. The summed E-state index contributed by atoms with van der Waals surface area (Å²) < 4.78 is 27.7. The lowest BCUT2D eigenvalue weighted by atomic mass is 10.00. The number of carboxylic acids is 1. The molecule has 0 radical (unpaired) electrons. The van der Waals surface area contributed by atoms with Crippen LogP contribution in [0.1, 0.15) is 58.8 Å². The molecule has 1 rings (SSSR count). The number of alkyl halides is 2. The minimum Gasteiger partial charge on any atom is -0.481 e. The van der Waals surface area contributed by atoms with Gasteiger partial charge in [-0.25, -0.2) is 0 Å². The highest BCUT2D eigenvalue weighted by molar-refractivity contribution is 5.86. The van der Waals surface area contributed by atoms with Crippen LogP contribution in [0.4, 0.5) is 8.78 Å². The van der Waals surface area contributed by atoms with Gasteiger partial charge in [-0.15, -0.1) is 11.8 Å². The van der Waals surface area contributed by atoms with Crippen LogP contribution >= 0.6 is 0 Å². The number of halogens is 2. The van der Waals surface area contributed by atoms with Crippen LogP contribution in [-0.4, -0.2) is 51.6 Å². The molecule has 0 saturated carbocycles. The van der Waals surface area contributed by atoms with Gasteiger partial charge in [-0.05, 0) is 25.7 Å². The number of carbonyl (C=O) groups excluding carboxylic acids is 1. The number of carboxylic acid groups (broad SMARTS) is 1. The Kier molecular flexibility index (Phi) is 9.44. The molecule has 0 unspecified atom stereocenters. The highest BCUT2D eigenvalue weighted by Crippen LogP contribution is 2.34. The number of amides is 1. The van der Waals surface area contributed by atoms with Crippen molar-refractivity contribution < 1.29 is 28.6 Å². The van der Waals surface area contributed by atoms with Gasteiger partial charge in [-0.2, -0.15) is 8.78 Å². The third-order valence-corrected chi connectivity index (χ3v) is 4.69. The number of unbranched alkanes of at least 4 members (excludes halogenated alkanes) is 3. The van der Waals surface area contributed by atoms with Gasteiger partial charge in [0.25, 0.3) is 5.91 Å². The van der Waals surface area contributed by atoms with Gasteiger partial charge in [0.15, 0.2) is 0 Å². The van der Waals surface area contributed by atoms with Crippen LogP contribution in [-0.2, 0) is 9.59 Å². The minimum absolute atomic E-state index is 0.0879. The third kappa shape index (κ3) is 7.67. The van der Waals surface area contributed by atoms with E-state index in [1.54, 1.807) is 6.92 Å². The number of rotatable bonds is 11. The molecule has 0 aliphatic carbocycles. The van der Waals surface area contributed by atoms with Crippen molar-refractivity contribution in [1.82, 2.24) is 4.90 Å². The van der Waals surface area contributed by atoms with Gasteiger partial charge in [-0.1, -0.05) is 31.9 Å². The Balaban J connectivity index is 2.59.